The molecule has 0 aliphatic rings. The molecule has 2 N–H and O–H groups in total. The van der Waals surface area contributed by atoms with Crippen LogP contribution >= 0.6 is 0 Å². The van der Waals surface area contributed by atoms with E-state index in [-0.39, 0.29) is 5.91 Å². The minimum Gasteiger partial charge on any atom is -0.384 e. The van der Waals surface area contributed by atoms with Crippen LogP contribution in [-0.4, -0.2) is 37.9 Å². The van der Waals surface area contributed by atoms with Crippen LogP contribution in [0.4, 0.5) is 0 Å². The van der Waals surface area contributed by atoms with Crippen LogP contribution in [0.2, 0.25) is 0 Å². The van der Waals surface area contributed by atoms with Crippen LogP contribution in [0.15, 0.2) is 0 Å². The lowest BCUT2D eigenvalue weighted by atomic mass is 9.77. The summed E-state index contributed by atoms with van der Waals surface area (Å²) in [6.45, 7) is 4.30. The Bertz CT molecular complexity index is 178. The van der Waals surface area contributed by atoms with Crippen LogP contribution in [-0.2, 0) is 9.53 Å². The van der Waals surface area contributed by atoms with Crippen molar-refractivity contribution in [1.82, 2.24) is 5.32 Å². The second-order valence-electron chi connectivity index (χ2n) is 3.52. The molecule has 0 aromatic rings. The predicted molar refractivity (Wildman–Crippen MR) is 55.0 cm³/mol. The van der Waals surface area contributed by atoms with E-state index in [2.05, 4.69) is 5.32 Å². The molecule has 84 valence electrons. The fraction of sp³-hybridized carbons (Fsp3) is 0.900. The van der Waals surface area contributed by atoms with Gasteiger partial charge in [0.05, 0.1) is 6.61 Å². The minimum absolute atomic E-state index is 0.342. The van der Waals surface area contributed by atoms with Crippen molar-refractivity contribution in [3.8, 4) is 0 Å². The molecule has 1 amide bonds. The number of ether oxygens (including phenoxy) is 1. The van der Waals surface area contributed by atoms with E-state index in [1.54, 1.807) is 7.11 Å². The highest BCUT2D eigenvalue weighted by molar-refractivity contribution is 5.81. The van der Waals surface area contributed by atoms with Crippen molar-refractivity contribution in [3.63, 3.8) is 0 Å². The molecular formula is C10H21NO3. The molecule has 0 aliphatic carbocycles. The number of methoxy groups -OCH3 is 1. The third kappa shape index (κ3) is 2.69. The normalized spacial score (nSPS) is 13.8. The van der Waals surface area contributed by atoms with E-state index in [0.717, 1.165) is 0 Å². The van der Waals surface area contributed by atoms with Crippen molar-refractivity contribution in [3.05, 3.63) is 0 Å². The number of hydrogen-bond donors (Lipinski definition) is 2. The van der Waals surface area contributed by atoms with Crippen molar-refractivity contribution in [1.29, 1.82) is 0 Å². The maximum Gasteiger partial charge on any atom is 0.249 e. The summed E-state index contributed by atoms with van der Waals surface area (Å²) < 4.78 is 5.06. The van der Waals surface area contributed by atoms with Gasteiger partial charge in [0.25, 0.3) is 0 Å². The smallest absolute Gasteiger partial charge is 0.249 e. The Morgan fingerprint density at radius 3 is 2.29 bits per heavy atom. The first-order valence-electron chi connectivity index (χ1n) is 4.96. The third-order valence-corrected chi connectivity index (χ3v) is 2.91. The molecule has 0 fully saturated rings. The van der Waals surface area contributed by atoms with Crippen LogP contribution in [0.25, 0.3) is 0 Å². The monoisotopic (exact) mass is 203 g/mol. The maximum absolute atomic E-state index is 11.3. The highest BCUT2D eigenvalue weighted by Gasteiger charge is 2.38. The van der Waals surface area contributed by atoms with Gasteiger partial charge in [-0.2, -0.15) is 0 Å². The number of likely N-dealkylation sites (N-methyl/N-ethyl adjacent to an activating group) is 1. The van der Waals surface area contributed by atoms with Gasteiger partial charge in [-0.25, -0.2) is 0 Å². The maximum atomic E-state index is 11.3. The van der Waals surface area contributed by atoms with E-state index in [1.807, 2.05) is 13.8 Å². The quantitative estimate of drug-likeness (QED) is 0.662. The van der Waals surface area contributed by atoms with Gasteiger partial charge < -0.3 is 15.2 Å². The summed E-state index contributed by atoms with van der Waals surface area (Å²) in [4.78, 5) is 11.3. The Hall–Kier alpha value is -0.610. The van der Waals surface area contributed by atoms with E-state index in [9.17, 15) is 9.90 Å². The lowest BCUT2D eigenvalue weighted by Gasteiger charge is -2.34. The Kier molecular flexibility index (Phi) is 5.72. The van der Waals surface area contributed by atoms with E-state index in [1.165, 1.54) is 7.05 Å². The Morgan fingerprint density at radius 2 is 2.00 bits per heavy atom. The number of nitrogens with one attached hydrogen (secondary N) is 1. The highest BCUT2D eigenvalue weighted by atomic mass is 16.5. The lowest BCUT2D eigenvalue weighted by Crippen LogP contribution is -2.47. The zero-order valence-corrected chi connectivity index (χ0v) is 9.46. The summed E-state index contributed by atoms with van der Waals surface area (Å²) in [7, 11) is 3.10. The first-order chi connectivity index (χ1) is 6.57. The number of hydrogen-bond acceptors (Lipinski definition) is 3. The van der Waals surface area contributed by atoms with Crippen molar-refractivity contribution >= 4 is 5.91 Å². The average molecular weight is 203 g/mol. The SMILES string of the molecule is CCC(CC)(COC)[C@H](O)C(=O)NC. The summed E-state index contributed by atoms with van der Waals surface area (Å²) >= 11 is 0. The van der Waals surface area contributed by atoms with Crippen LogP contribution < -0.4 is 5.32 Å². The van der Waals surface area contributed by atoms with Gasteiger partial charge in [0.15, 0.2) is 0 Å². The highest BCUT2D eigenvalue weighted by Crippen LogP contribution is 2.31. The number of rotatable bonds is 6. The van der Waals surface area contributed by atoms with E-state index >= 15 is 0 Å². The molecule has 4 heteroatoms. The van der Waals surface area contributed by atoms with Gasteiger partial charge >= 0.3 is 0 Å². The zero-order chi connectivity index (χ0) is 11.2. The summed E-state index contributed by atoms with van der Waals surface area (Å²) in [5.74, 6) is -0.342. The van der Waals surface area contributed by atoms with Crippen LogP contribution in [0, 0.1) is 5.41 Å². The number of carbonyl (C=O) groups excluding carboxylic acids is 1. The average Bonchev–Trinajstić information content (AvgIpc) is 2.24. The molecule has 0 unspecified atom stereocenters. The minimum atomic E-state index is -0.998. The summed E-state index contributed by atoms with van der Waals surface area (Å²) in [6.07, 6.45) is 0.431. The van der Waals surface area contributed by atoms with Gasteiger partial charge in [0, 0.05) is 19.6 Å². The molecule has 1 atom stereocenters. The van der Waals surface area contributed by atoms with Gasteiger partial charge in [-0.15, -0.1) is 0 Å². The van der Waals surface area contributed by atoms with Gasteiger partial charge in [0.2, 0.25) is 5.91 Å². The zero-order valence-electron chi connectivity index (χ0n) is 9.46. The van der Waals surface area contributed by atoms with Gasteiger partial charge in [0.1, 0.15) is 6.10 Å². The number of carbonyl (C=O) groups is 1. The molecule has 4 nitrogen and oxygen atoms in total. The molecule has 0 bridgehead atoms. The molecule has 14 heavy (non-hydrogen) atoms. The van der Waals surface area contributed by atoms with Crippen LogP contribution in [0.3, 0.4) is 0 Å². The van der Waals surface area contributed by atoms with E-state index in [0.29, 0.717) is 19.4 Å². The van der Waals surface area contributed by atoms with E-state index in [4.69, 9.17) is 4.74 Å². The fourth-order valence-corrected chi connectivity index (χ4v) is 1.62. The molecule has 0 spiro atoms. The van der Waals surface area contributed by atoms with Gasteiger partial charge in [-0.1, -0.05) is 13.8 Å². The molecule has 0 aliphatic heterocycles. The van der Waals surface area contributed by atoms with E-state index < -0.39 is 11.5 Å². The largest absolute Gasteiger partial charge is 0.384 e. The third-order valence-electron chi connectivity index (χ3n) is 2.91. The standard InChI is InChI=1S/C10H21NO3/c1-5-10(6-2,7-14-4)8(12)9(13)11-3/h8,12H,5-7H2,1-4H3,(H,11,13)/t8-/m1/s1. The lowest BCUT2D eigenvalue weighted by molar-refractivity contribution is -0.140. The topological polar surface area (TPSA) is 58.6 Å². The number of aliphatic hydroxyl groups is 1. The fourth-order valence-electron chi connectivity index (χ4n) is 1.62. The molecule has 0 heterocycles. The van der Waals surface area contributed by atoms with Crippen LogP contribution in [0.1, 0.15) is 26.7 Å². The first kappa shape index (κ1) is 13.4. The molecule has 0 radical (unpaired) electrons. The van der Waals surface area contributed by atoms with Crippen molar-refractivity contribution in [2.75, 3.05) is 20.8 Å². The Labute approximate surface area is 85.6 Å². The number of amides is 1. The summed E-state index contributed by atoms with van der Waals surface area (Å²) in [6, 6.07) is 0. The van der Waals surface area contributed by atoms with Crippen LogP contribution in [0.5, 0.6) is 0 Å². The van der Waals surface area contributed by atoms with Crippen molar-refractivity contribution in [2.45, 2.75) is 32.8 Å². The van der Waals surface area contributed by atoms with Gasteiger partial charge in [-0.3, -0.25) is 4.79 Å². The van der Waals surface area contributed by atoms with Crippen molar-refractivity contribution < 1.29 is 14.6 Å². The summed E-state index contributed by atoms with van der Waals surface area (Å²) in [5.41, 5.74) is -0.463. The van der Waals surface area contributed by atoms with Gasteiger partial charge in [-0.05, 0) is 12.8 Å². The molecule has 0 aromatic carbocycles. The first-order valence-corrected chi connectivity index (χ1v) is 4.96. The second kappa shape index (κ2) is 5.98. The molecule has 0 saturated carbocycles. The van der Waals surface area contributed by atoms with Crippen molar-refractivity contribution in [2.24, 2.45) is 5.41 Å². The molecular weight excluding hydrogens is 182 g/mol. The Morgan fingerprint density at radius 1 is 1.50 bits per heavy atom. The molecule has 0 aromatic heterocycles. The molecule has 0 rings (SSSR count). The number of aliphatic hydroxyl groups excluding tert-OH is 1. The second-order valence-corrected chi connectivity index (χ2v) is 3.52. The predicted octanol–water partition coefficient (Wildman–Crippen LogP) is 0.546. The molecule has 0 saturated heterocycles. The summed E-state index contributed by atoms with van der Waals surface area (Å²) in [5, 5.41) is 12.3. The Balaban J connectivity index is 4.68.